The number of hydrogen-bond donors (Lipinski definition) is 2. The Balaban J connectivity index is 2.37. The molecule has 1 aliphatic heterocycles. The fourth-order valence-electron chi connectivity index (χ4n) is 1.56. The highest BCUT2D eigenvalue weighted by Gasteiger charge is 2.16. The van der Waals surface area contributed by atoms with E-state index in [9.17, 15) is 4.79 Å². The van der Waals surface area contributed by atoms with Crippen molar-refractivity contribution in [2.75, 3.05) is 33.4 Å². The second-order valence-electron chi connectivity index (χ2n) is 3.89. The molecule has 0 aliphatic carbocycles. The van der Waals surface area contributed by atoms with Gasteiger partial charge in [0, 0.05) is 39.2 Å². The monoisotopic (exact) mass is 245 g/mol. The van der Waals surface area contributed by atoms with Crippen LogP contribution in [0.2, 0.25) is 0 Å². The zero-order chi connectivity index (χ0) is 12.0. The Morgan fingerprint density at radius 3 is 3.12 bits per heavy atom. The summed E-state index contributed by atoms with van der Waals surface area (Å²) in [5, 5.41) is 6.70. The third-order valence-corrected chi connectivity index (χ3v) is 2.76. The van der Waals surface area contributed by atoms with Crippen LogP contribution in [0.1, 0.15) is 13.3 Å². The molecule has 0 saturated carbocycles. The molecular formula is C10H19N3O2S. The highest BCUT2D eigenvalue weighted by molar-refractivity contribution is 7.80. The van der Waals surface area contributed by atoms with Crippen molar-refractivity contribution in [3.63, 3.8) is 0 Å². The van der Waals surface area contributed by atoms with E-state index in [-0.39, 0.29) is 11.9 Å². The molecule has 2 N–H and O–H groups in total. The third-order valence-electron chi connectivity index (χ3n) is 2.39. The molecule has 0 aromatic rings. The standard InChI is InChI=1S/C10H19N3O2S/c1-8(7-15-2)12-10(16)13-5-3-9(14)11-4-6-13/h8H,3-7H2,1-2H3,(H,11,14)(H,12,16). The SMILES string of the molecule is COCC(C)NC(=S)N1CCNC(=O)CC1. The molecule has 0 aromatic heterocycles. The normalized spacial score (nSPS) is 18.6. The summed E-state index contributed by atoms with van der Waals surface area (Å²) in [4.78, 5) is 13.2. The Morgan fingerprint density at radius 2 is 2.44 bits per heavy atom. The van der Waals surface area contributed by atoms with Crippen LogP contribution in [0, 0.1) is 0 Å². The van der Waals surface area contributed by atoms with E-state index in [1.807, 2.05) is 11.8 Å². The van der Waals surface area contributed by atoms with Crippen molar-refractivity contribution in [2.45, 2.75) is 19.4 Å². The van der Waals surface area contributed by atoms with Gasteiger partial charge in [0.1, 0.15) is 0 Å². The van der Waals surface area contributed by atoms with Crippen LogP contribution in [0.4, 0.5) is 0 Å². The van der Waals surface area contributed by atoms with Gasteiger partial charge in [-0.05, 0) is 19.1 Å². The van der Waals surface area contributed by atoms with Gasteiger partial charge in [0.25, 0.3) is 0 Å². The molecule has 1 heterocycles. The fourth-order valence-corrected chi connectivity index (χ4v) is 1.95. The molecule has 1 saturated heterocycles. The fraction of sp³-hybridized carbons (Fsp3) is 0.800. The lowest BCUT2D eigenvalue weighted by atomic mass is 10.3. The van der Waals surface area contributed by atoms with Crippen molar-refractivity contribution in [1.82, 2.24) is 15.5 Å². The maximum absolute atomic E-state index is 11.2. The summed E-state index contributed by atoms with van der Waals surface area (Å²) in [6.07, 6.45) is 0.500. The van der Waals surface area contributed by atoms with Crippen molar-refractivity contribution < 1.29 is 9.53 Å². The van der Waals surface area contributed by atoms with E-state index in [4.69, 9.17) is 17.0 Å². The average Bonchev–Trinajstić information content (AvgIpc) is 2.43. The molecule has 1 rings (SSSR count). The third kappa shape index (κ3) is 4.32. The summed E-state index contributed by atoms with van der Waals surface area (Å²) in [7, 11) is 1.66. The largest absolute Gasteiger partial charge is 0.383 e. The highest BCUT2D eigenvalue weighted by Crippen LogP contribution is 1.98. The second kappa shape index (κ2) is 6.65. The Labute approximate surface area is 102 Å². The van der Waals surface area contributed by atoms with Gasteiger partial charge in [-0.25, -0.2) is 0 Å². The first kappa shape index (κ1) is 13.2. The molecule has 16 heavy (non-hydrogen) atoms. The molecule has 1 amide bonds. The first-order chi connectivity index (χ1) is 7.63. The van der Waals surface area contributed by atoms with Crippen molar-refractivity contribution in [2.24, 2.45) is 0 Å². The number of methoxy groups -OCH3 is 1. The number of hydrogen-bond acceptors (Lipinski definition) is 3. The summed E-state index contributed by atoms with van der Waals surface area (Å²) >= 11 is 5.28. The molecule has 5 nitrogen and oxygen atoms in total. The predicted octanol–water partition coefficient (Wildman–Crippen LogP) is -0.282. The lowest BCUT2D eigenvalue weighted by Gasteiger charge is -2.25. The van der Waals surface area contributed by atoms with E-state index in [0.717, 1.165) is 6.54 Å². The van der Waals surface area contributed by atoms with Crippen molar-refractivity contribution in [3.8, 4) is 0 Å². The Morgan fingerprint density at radius 1 is 1.69 bits per heavy atom. The van der Waals surface area contributed by atoms with Gasteiger partial charge < -0.3 is 20.3 Å². The molecular weight excluding hydrogens is 226 g/mol. The first-order valence-electron chi connectivity index (χ1n) is 5.44. The Bertz CT molecular complexity index is 260. The van der Waals surface area contributed by atoms with Crippen LogP contribution in [-0.4, -0.2) is 55.3 Å². The van der Waals surface area contributed by atoms with Gasteiger partial charge in [-0.3, -0.25) is 4.79 Å². The number of carbonyl (C=O) groups is 1. The van der Waals surface area contributed by atoms with Crippen LogP contribution < -0.4 is 10.6 Å². The van der Waals surface area contributed by atoms with E-state index < -0.39 is 0 Å². The van der Waals surface area contributed by atoms with Crippen LogP contribution in [0.5, 0.6) is 0 Å². The molecule has 1 aliphatic rings. The molecule has 0 bridgehead atoms. The number of nitrogens with one attached hydrogen (secondary N) is 2. The maximum Gasteiger partial charge on any atom is 0.221 e. The van der Waals surface area contributed by atoms with E-state index in [1.165, 1.54) is 0 Å². The number of carbonyl (C=O) groups excluding carboxylic acids is 1. The van der Waals surface area contributed by atoms with Crippen LogP contribution in [-0.2, 0) is 9.53 Å². The van der Waals surface area contributed by atoms with E-state index in [1.54, 1.807) is 7.11 Å². The lowest BCUT2D eigenvalue weighted by molar-refractivity contribution is -0.120. The minimum Gasteiger partial charge on any atom is -0.383 e. The number of amides is 1. The van der Waals surface area contributed by atoms with Crippen molar-refractivity contribution in [1.29, 1.82) is 0 Å². The zero-order valence-electron chi connectivity index (χ0n) is 9.78. The van der Waals surface area contributed by atoms with Crippen LogP contribution in [0.15, 0.2) is 0 Å². The quantitative estimate of drug-likeness (QED) is 0.670. The van der Waals surface area contributed by atoms with Crippen molar-refractivity contribution >= 4 is 23.2 Å². The molecule has 0 spiro atoms. The van der Waals surface area contributed by atoms with Gasteiger partial charge in [-0.2, -0.15) is 0 Å². The maximum atomic E-state index is 11.2. The van der Waals surface area contributed by atoms with Gasteiger partial charge in [-0.15, -0.1) is 0 Å². The summed E-state index contributed by atoms with van der Waals surface area (Å²) in [6, 6.07) is 0.185. The van der Waals surface area contributed by atoms with Crippen molar-refractivity contribution in [3.05, 3.63) is 0 Å². The topological polar surface area (TPSA) is 53.6 Å². The van der Waals surface area contributed by atoms with Crippen LogP contribution >= 0.6 is 12.2 Å². The summed E-state index contributed by atoms with van der Waals surface area (Å²) in [5.74, 6) is 0.0928. The first-order valence-corrected chi connectivity index (χ1v) is 5.85. The molecule has 1 unspecified atom stereocenters. The summed E-state index contributed by atoms with van der Waals surface area (Å²) in [5.41, 5.74) is 0. The van der Waals surface area contributed by atoms with E-state index in [2.05, 4.69) is 10.6 Å². The van der Waals surface area contributed by atoms with Gasteiger partial charge in [0.2, 0.25) is 5.91 Å². The summed E-state index contributed by atoms with van der Waals surface area (Å²) in [6.45, 7) is 4.72. The average molecular weight is 245 g/mol. The molecule has 0 radical (unpaired) electrons. The molecule has 1 fully saturated rings. The molecule has 0 aromatic carbocycles. The van der Waals surface area contributed by atoms with Crippen LogP contribution in [0.25, 0.3) is 0 Å². The molecule has 92 valence electrons. The number of ether oxygens (including phenoxy) is 1. The number of thiocarbonyl (C=S) groups is 1. The van der Waals surface area contributed by atoms with Crippen LogP contribution in [0.3, 0.4) is 0 Å². The van der Waals surface area contributed by atoms with E-state index >= 15 is 0 Å². The van der Waals surface area contributed by atoms with Gasteiger partial charge in [-0.1, -0.05) is 0 Å². The Hall–Kier alpha value is -0.880. The summed E-state index contributed by atoms with van der Waals surface area (Å²) < 4.78 is 5.03. The predicted molar refractivity (Wildman–Crippen MR) is 66.3 cm³/mol. The number of rotatable bonds is 3. The Kier molecular flexibility index (Phi) is 5.48. The smallest absolute Gasteiger partial charge is 0.221 e. The highest BCUT2D eigenvalue weighted by atomic mass is 32.1. The minimum atomic E-state index is 0.0928. The van der Waals surface area contributed by atoms with Gasteiger partial charge >= 0.3 is 0 Å². The van der Waals surface area contributed by atoms with Gasteiger partial charge in [0.15, 0.2) is 5.11 Å². The lowest BCUT2D eigenvalue weighted by Crippen LogP contribution is -2.46. The zero-order valence-corrected chi connectivity index (χ0v) is 10.6. The second-order valence-corrected chi connectivity index (χ2v) is 4.28. The van der Waals surface area contributed by atoms with E-state index in [0.29, 0.717) is 31.2 Å². The molecule has 6 heteroatoms. The minimum absolute atomic E-state index is 0.0928. The van der Waals surface area contributed by atoms with Gasteiger partial charge in [0.05, 0.1) is 6.61 Å². The molecule has 1 atom stereocenters. The number of nitrogens with zero attached hydrogens (tertiary/aromatic N) is 1.